The maximum absolute atomic E-state index is 11.9. The summed E-state index contributed by atoms with van der Waals surface area (Å²) in [5, 5.41) is 11.7. The van der Waals surface area contributed by atoms with Gasteiger partial charge < -0.3 is 15.0 Å². The quantitative estimate of drug-likeness (QED) is 0.898. The first-order chi connectivity index (χ1) is 9.47. The van der Waals surface area contributed by atoms with Crippen molar-refractivity contribution in [2.75, 3.05) is 5.32 Å². The molecule has 2 N–H and O–H groups in total. The average molecular weight is 272 g/mol. The first kappa shape index (κ1) is 13.9. The third-order valence-corrected chi connectivity index (χ3v) is 3.15. The van der Waals surface area contributed by atoms with Crippen LogP contribution in [0, 0.1) is 13.8 Å². The van der Waals surface area contributed by atoms with Gasteiger partial charge in [0.05, 0.1) is 0 Å². The van der Waals surface area contributed by atoms with Gasteiger partial charge in [0.2, 0.25) is 5.91 Å². The highest BCUT2D eigenvalue weighted by Gasteiger charge is 2.11. The minimum Gasteiger partial charge on any atom is -0.477 e. The van der Waals surface area contributed by atoms with Crippen molar-refractivity contribution in [3.05, 3.63) is 53.3 Å². The summed E-state index contributed by atoms with van der Waals surface area (Å²) in [6.07, 6.45) is 1.57. The molecule has 5 heteroatoms. The van der Waals surface area contributed by atoms with Gasteiger partial charge in [-0.2, -0.15) is 0 Å². The molecule has 2 aromatic rings. The Morgan fingerprint density at radius 2 is 1.95 bits per heavy atom. The molecule has 0 unspecified atom stereocenters. The van der Waals surface area contributed by atoms with Crippen LogP contribution in [-0.2, 0) is 11.3 Å². The Morgan fingerprint density at radius 3 is 2.60 bits per heavy atom. The van der Waals surface area contributed by atoms with Crippen molar-refractivity contribution in [1.29, 1.82) is 0 Å². The van der Waals surface area contributed by atoms with Gasteiger partial charge in [-0.05, 0) is 49.2 Å². The van der Waals surface area contributed by atoms with Crippen molar-refractivity contribution in [3.63, 3.8) is 0 Å². The van der Waals surface area contributed by atoms with Gasteiger partial charge in [0, 0.05) is 11.9 Å². The van der Waals surface area contributed by atoms with Crippen molar-refractivity contribution in [3.8, 4) is 0 Å². The summed E-state index contributed by atoms with van der Waals surface area (Å²) in [7, 11) is 0. The lowest BCUT2D eigenvalue weighted by Crippen LogP contribution is -2.20. The second-order valence-electron chi connectivity index (χ2n) is 4.67. The molecule has 0 saturated heterocycles. The predicted octanol–water partition coefficient (Wildman–Crippen LogP) is 2.44. The van der Waals surface area contributed by atoms with Gasteiger partial charge >= 0.3 is 5.97 Å². The van der Waals surface area contributed by atoms with Gasteiger partial charge in [0.15, 0.2) is 0 Å². The molecule has 0 aliphatic rings. The third kappa shape index (κ3) is 3.06. The molecule has 0 fully saturated rings. The molecule has 0 aliphatic heterocycles. The Labute approximate surface area is 116 Å². The average Bonchev–Trinajstić information content (AvgIpc) is 2.82. The molecular weight excluding hydrogens is 256 g/mol. The van der Waals surface area contributed by atoms with Crippen molar-refractivity contribution < 1.29 is 14.7 Å². The molecule has 5 nitrogen and oxygen atoms in total. The van der Waals surface area contributed by atoms with Gasteiger partial charge in [-0.1, -0.05) is 6.07 Å². The van der Waals surface area contributed by atoms with E-state index in [9.17, 15) is 9.59 Å². The Kier molecular flexibility index (Phi) is 3.89. The van der Waals surface area contributed by atoms with E-state index in [-0.39, 0.29) is 18.1 Å². The van der Waals surface area contributed by atoms with E-state index in [1.54, 1.807) is 12.3 Å². The molecular formula is C15H16N2O3. The van der Waals surface area contributed by atoms with Crippen molar-refractivity contribution in [2.24, 2.45) is 0 Å². The number of carboxylic acids is 1. The zero-order chi connectivity index (χ0) is 14.7. The highest BCUT2D eigenvalue weighted by atomic mass is 16.4. The van der Waals surface area contributed by atoms with Crippen LogP contribution in [0.5, 0.6) is 0 Å². The number of carbonyl (C=O) groups is 2. The maximum atomic E-state index is 11.9. The summed E-state index contributed by atoms with van der Waals surface area (Å²) in [6.45, 7) is 3.95. The number of carboxylic acid groups (broad SMARTS) is 1. The number of anilines is 1. The minimum atomic E-state index is -1.05. The summed E-state index contributed by atoms with van der Waals surface area (Å²) in [6, 6.07) is 8.72. The summed E-state index contributed by atoms with van der Waals surface area (Å²) in [5.41, 5.74) is 3.05. The normalized spacial score (nSPS) is 10.3. The second-order valence-corrected chi connectivity index (χ2v) is 4.67. The number of aryl methyl sites for hydroxylation is 2. The van der Waals surface area contributed by atoms with Crippen LogP contribution in [0.25, 0.3) is 0 Å². The molecule has 0 spiro atoms. The lowest BCUT2D eigenvalue weighted by Gasteiger charge is -2.09. The number of hydrogen-bond donors (Lipinski definition) is 2. The summed E-state index contributed by atoms with van der Waals surface area (Å²) in [4.78, 5) is 22.9. The summed E-state index contributed by atoms with van der Waals surface area (Å²) < 4.78 is 1.40. The monoisotopic (exact) mass is 272 g/mol. The maximum Gasteiger partial charge on any atom is 0.352 e. The molecule has 2 rings (SSSR count). The van der Waals surface area contributed by atoms with E-state index < -0.39 is 5.97 Å². The highest BCUT2D eigenvalue weighted by Crippen LogP contribution is 2.14. The molecule has 0 aliphatic carbocycles. The smallest absolute Gasteiger partial charge is 0.352 e. The highest BCUT2D eigenvalue weighted by molar-refractivity contribution is 5.92. The van der Waals surface area contributed by atoms with Crippen LogP contribution < -0.4 is 5.32 Å². The molecule has 0 atom stereocenters. The zero-order valence-corrected chi connectivity index (χ0v) is 11.4. The van der Waals surface area contributed by atoms with Crippen molar-refractivity contribution in [2.45, 2.75) is 20.4 Å². The summed E-state index contributed by atoms with van der Waals surface area (Å²) in [5.74, 6) is -1.30. The van der Waals surface area contributed by atoms with E-state index in [0.29, 0.717) is 5.69 Å². The Hall–Kier alpha value is -2.56. The number of benzene rings is 1. The first-order valence-corrected chi connectivity index (χ1v) is 6.23. The number of aromatic nitrogens is 1. The van der Waals surface area contributed by atoms with Gasteiger partial charge in [-0.3, -0.25) is 4.79 Å². The minimum absolute atomic E-state index is 0.0262. The number of nitrogens with one attached hydrogen (secondary N) is 1. The molecule has 0 radical (unpaired) electrons. The van der Waals surface area contributed by atoms with E-state index in [2.05, 4.69) is 5.32 Å². The van der Waals surface area contributed by atoms with Crippen LogP contribution in [-0.4, -0.2) is 21.6 Å². The van der Waals surface area contributed by atoms with E-state index in [1.807, 2.05) is 32.0 Å². The van der Waals surface area contributed by atoms with Crippen LogP contribution in [0.1, 0.15) is 21.6 Å². The van der Waals surface area contributed by atoms with Gasteiger partial charge in [-0.15, -0.1) is 0 Å². The van der Waals surface area contributed by atoms with Gasteiger partial charge in [0.25, 0.3) is 0 Å². The number of aromatic carboxylic acids is 1. The molecule has 1 amide bonds. The predicted molar refractivity (Wildman–Crippen MR) is 75.9 cm³/mol. The van der Waals surface area contributed by atoms with Crippen molar-refractivity contribution >= 4 is 17.6 Å². The van der Waals surface area contributed by atoms with E-state index in [0.717, 1.165) is 11.1 Å². The van der Waals surface area contributed by atoms with Crippen LogP contribution >= 0.6 is 0 Å². The number of nitrogens with zero attached hydrogens (tertiary/aromatic N) is 1. The van der Waals surface area contributed by atoms with Gasteiger partial charge in [0.1, 0.15) is 12.2 Å². The van der Waals surface area contributed by atoms with Gasteiger partial charge in [-0.25, -0.2) is 4.79 Å². The van der Waals surface area contributed by atoms with Crippen LogP contribution in [0.3, 0.4) is 0 Å². The number of amides is 1. The Bertz CT molecular complexity index is 659. The summed E-state index contributed by atoms with van der Waals surface area (Å²) >= 11 is 0. The largest absolute Gasteiger partial charge is 0.477 e. The van der Waals surface area contributed by atoms with Crippen molar-refractivity contribution in [1.82, 2.24) is 4.57 Å². The van der Waals surface area contributed by atoms with Crippen LogP contribution in [0.2, 0.25) is 0 Å². The fourth-order valence-electron chi connectivity index (χ4n) is 1.92. The number of hydrogen-bond acceptors (Lipinski definition) is 2. The van der Waals surface area contributed by atoms with Crippen LogP contribution in [0.15, 0.2) is 36.5 Å². The van der Waals surface area contributed by atoms with Crippen LogP contribution in [0.4, 0.5) is 5.69 Å². The molecule has 0 bridgehead atoms. The van der Waals surface area contributed by atoms with E-state index in [1.165, 1.54) is 10.6 Å². The molecule has 1 heterocycles. The van der Waals surface area contributed by atoms with E-state index in [4.69, 9.17) is 5.11 Å². The SMILES string of the molecule is Cc1ccc(NC(=O)Cn2cccc2C(=O)O)cc1C. The molecule has 1 aromatic carbocycles. The van der Waals surface area contributed by atoms with E-state index >= 15 is 0 Å². The molecule has 1 aromatic heterocycles. The molecule has 0 saturated carbocycles. The first-order valence-electron chi connectivity index (χ1n) is 6.23. The number of carbonyl (C=O) groups excluding carboxylic acids is 1. The number of rotatable bonds is 4. The zero-order valence-electron chi connectivity index (χ0n) is 11.4. The Balaban J connectivity index is 2.07. The fraction of sp³-hybridized carbons (Fsp3) is 0.200. The Morgan fingerprint density at radius 1 is 1.20 bits per heavy atom. The molecule has 104 valence electrons. The third-order valence-electron chi connectivity index (χ3n) is 3.15. The topological polar surface area (TPSA) is 71.3 Å². The lowest BCUT2D eigenvalue weighted by atomic mass is 10.1. The fourth-order valence-corrected chi connectivity index (χ4v) is 1.92. The lowest BCUT2D eigenvalue weighted by molar-refractivity contribution is -0.116. The standard InChI is InChI=1S/C15H16N2O3/c1-10-5-6-12(8-11(10)2)16-14(18)9-17-7-3-4-13(17)15(19)20/h3-8H,9H2,1-2H3,(H,16,18)(H,19,20). The second kappa shape index (κ2) is 5.61. The molecule has 20 heavy (non-hydrogen) atoms.